The standard InChI is InChI=1S/C18H34O4/c1-2-3-4-9-12-15(19)13-10-7-5-6-8-11-14-16-17(22-16)18(20)21/h15-17,19H,2-14H2,1H3,(H,20,21). The quantitative estimate of drug-likeness (QED) is 0.349. The number of carboxylic acids is 1. The van der Waals surface area contributed by atoms with Gasteiger partial charge in [-0.05, 0) is 19.3 Å². The minimum absolute atomic E-state index is 0.0274. The fraction of sp³-hybridized carbons (Fsp3) is 0.944. The lowest BCUT2D eigenvalue weighted by atomic mass is 10.0. The van der Waals surface area contributed by atoms with Crippen molar-refractivity contribution in [2.45, 2.75) is 109 Å². The van der Waals surface area contributed by atoms with Gasteiger partial charge in [-0.15, -0.1) is 0 Å². The second kappa shape index (κ2) is 11.9. The fourth-order valence-electron chi connectivity index (χ4n) is 2.96. The number of hydrogen-bond donors (Lipinski definition) is 2. The van der Waals surface area contributed by atoms with Gasteiger partial charge in [0, 0.05) is 0 Å². The van der Waals surface area contributed by atoms with Gasteiger partial charge in [0.05, 0.1) is 12.2 Å². The van der Waals surface area contributed by atoms with Gasteiger partial charge in [0.25, 0.3) is 0 Å². The van der Waals surface area contributed by atoms with Crippen LogP contribution in [-0.2, 0) is 9.53 Å². The monoisotopic (exact) mass is 314 g/mol. The van der Waals surface area contributed by atoms with Gasteiger partial charge in [0.2, 0.25) is 0 Å². The molecule has 1 rings (SSSR count). The summed E-state index contributed by atoms with van der Waals surface area (Å²) in [5.41, 5.74) is 0. The summed E-state index contributed by atoms with van der Waals surface area (Å²) in [5, 5.41) is 18.6. The Morgan fingerprint density at radius 2 is 1.50 bits per heavy atom. The molecule has 3 atom stereocenters. The van der Waals surface area contributed by atoms with E-state index in [0.29, 0.717) is 0 Å². The Bertz CT molecular complexity index is 293. The molecule has 1 aliphatic rings. The van der Waals surface area contributed by atoms with Gasteiger partial charge in [-0.25, -0.2) is 4.79 Å². The van der Waals surface area contributed by atoms with Crippen LogP contribution in [0.15, 0.2) is 0 Å². The van der Waals surface area contributed by atoms with E-state index < -0.39 is 12.1 Å². The summed E-state index contributed by atoms with van der Waals surface area (Å²) >= 11 is 0. The maximum absolute atomic E-state index is 10.6. The number of rotatable bonds is 15. The third-order valence-electron chi connectivity index (χ3n) is 4.49. The maximum Gasteiger partial charge on any atom is 0.335 e. The largest absolute Gasteiger partial charge is 0.479 e. The van der Waals surface area contributed by atoms with Crippen molar-refractivity contribution in [2.24, 2.45) is 0 Å². The number of aliphatic carboxylic acids is 1. The van der Waals surface area contributed by atoms with E-state index in [4.69, 9.17) is 9.84 Å². The van der Waals surface area contributed by atoms with E-state index in [2.05, 4.69) is 6.92 Å². The Balaban J connectivity index is 1.77. The fourth-order valence-corrected chi connectivity index (χ4v) is 2.96. The minimum atomic E-state index is -0.821. The van der Waals surface area contributed by atoms with Crippen molar-refractivity contribution in [3.63, 3.8) is 0 Å². The smallest absolute Gasteiger partial charge is 0.335 e. The van der Waals surface area contributed by atoms with Crippen molar-refractivity contribution in [3.8, 4) is 0 Å². The first kappa shape index (κ1) is 19.4. The van der Waals surface area contributed by atoms with Gasteiger partial charge in [0.15, 0.2) is 6.10 Å². The van der Waals surface area contributed by atoms with Crippen LogP contribution in [0.5, 0.6) is 0 Å². The highest BCUT2D eigenvalue weighted by molar-refractivity contribution is 5.75. The Morgan fingerprint density at radius 3 is 2.05 bits per heavy atom. The molecule has 2 N–H and O–H groups in total. The van der Waals surface area contributed by atoms with Crippen molar-refractivity contribution < 1.29 is 19.7 Å². The molecule has 3 unspecified atom stereocenters. The van der Waals surface area contributed by atoms with Crippen LogP contribution in [-0.4, -0.2) is 34.5 Å². The zero-order valence-electron chi connectivity index (χ0n) is 14.1. The summed E-state index contributed by atoms with van der Waals surface area (Å²) in [7, 11) is 0. The number of aliphatic hydroxyl groups excluding tert-OH is 1. The van der Waals surface area contributed by atoms with Gasteiger partial charge in [-0.2, -0.15) is 0 Å². The van der Waals surface area contributed by atoms with Gasteiger partial charge >= 0.3 is 5.97 Å². The van der Waals surface area contributed by atoms with Crippen molar-refractivity contribution in [2.75, 3.05) is 0 Å². The molecule has 0 aromatic carbocycles. The van der Waals surface area contributed by atoms with Crippen LogP contribution in [0.3, 0.4) is 0 Å². The molecule has 0 radical (unpaired) electrons. The molecule has 0 bridgehead atoms. The van der Waals surface area contributed by atoms with Crippen LogP contribution in [0.2, 0.25) is 0 Å². The third kappa shape index (κ3) is 9.42. The molecule has 4 heteroatoms. The molecule has 4 nitrogen and oxygen atoms in total. The average Bonchev–Trinajstić information content (AvgIpc) is 3.26. The van der Waals surface area contributed by atoms with Crippen LogP contribution in [0.1, 0.15) is 90.4 Å². The van der Waals surface area contributed by atoms with E-state index in [0.717, 1.165) is 44.9 Å². The summed E-state index contributed by atoms with van der Waals surface area (Å²) in [5.74, 6) is -0.821. The zero-order chi connectivity index (χ0) is 16.2. The predicted octanol–water partition coefficient (Wildman–Crippen LogP) is 4.29. The van der Waals surface area contributed by atoms with E-state index in [-0.39, 0.29) is 12.2 Å². The topological polar surface area (TPSA) is 70.1 Å². The number of ether oxygens (including phenoxy) is 1. The van der Waals surface area contributed by atoms with Crippen LogP contribution < -0.4 is 0 Å². The molecular weight excluding hydrogens is 280 g/mol. The lowest BCUT2D eigenvalue weighted by molar-refractivity contribution is -0.138. The van der Waals surface area contributed by atoms with E-state index in [9.17, 15) is 9.90 Å². The highest BCUT2D eigenvalue weighted by atomic mass is 16.6. The molecular formula is C18H34O4. The first-order valence-corrected chi connectivity index (χ1v) is 9.21. The van der Waals surface area contributed by atoms with Crippen LogP contribution >= 0.6 is 0 Å². The van der Waals surface area contributed by atoms with Crippen molar-refractivity contribution in [1.29, 1.82) is 0 Å². The molecule has 1 saturated heterocycles. The van der Waals surface area contributed by atoms with Crippen molar-refractivity contribution >= 4 is 5.97 Å². The number of unbranched alkanes of at least 4 members (excludes halogenated alkanes) is 8. The average molecular weight is 314 g/mol. The van der Waals surface area contributed by atoms with Crippen molar-refractivity contribution in [3.05, 3.63) is 0 Å². The molecule has 0 aromatic rings. The summed E-state index contributed by atoms with van der Waals surface area (Å²) in [6.07, 6.45) is 14.1. The first-order valence-electron chi connectivity index (χ1n) is 9.21. The van der Waals surface area contributed by atoms with Crippen LogP contribution in [0.4, 0.5) is 0 Å². The van der Waals surface area contributed by atoms with Gasteiger partial charge in [-0.1, -0.05) is 71.1 Å². The summed E-state index contributed by atoms with van der Waals surface area (Å²) < 4.78 is 5.07. The third-order valence-corrected chi connectivity index (χ3v) is 4.49. The van der Waals surface area contributed by atoms with Crippen LogP contribution in [0, 0.1) is 0 Å². The summed E-state index contributed by atoms with van der Waals surface area (Å²) in [6, 6.07) is 0. The second-order valence-electron chi connectivity index (χ2n) is 6.64. The van der Waals surface area contributed by atoms with E-state index in [1.807, 2.05) is 0 Å². The molecule has 0 aromatic heterocycles. The maximum atomic E-state index is 10.6. The van der Waals surface area contributed by atoms with E-state index >= 15 is 0 Å². The minimum Gasteiger partial charge on any atom is -0.479 e. The summed E-state index contributed by atoms with van der Waals surface area (Å²) in [4.78, 5) is 10.6. The molecule has 130 valence electrons. The molecule has 0 aliphatic carbocycles. The highest BCUT2D eigenvalue weighted by Gasteiger charge is 2.44. The number of aliphatic hydroxyl groups is 1. The normalized spacial score (nSPS) is 21.7. The zero-order valence-corrected chi connectivity index (χ0v) is 14.1. The lowest BCUT2D eigenvalue weighted by Gasteiger charge is -2.10. The van der Waals surface area contributed by atoms with Crippen molar-refractivity contribution in [1.82, 2.24) is 0 Å². The van der Waals surface area contributed by atoms with E-state index in [1.54, 1.807) is 0 Å². The summed E-state index contributed by atoms with van der Waals surface area (Å²) in [6.45, 7) is 2.21. The second-order valence-corrected chi connectivity index (χ2v) is 6.64. The lowest BCUT2D eigenvalue weighted by Crippen LogP contribution is -2.07. The van der Waals surface area contributed by atoms with Gasteiger partial charge < -0.3 is 14.9 Å². The number of carbonyl (C=O) groups is 1. The Hall–Kier alpha value is -0.610. The molecule has 22 heavy (non-hydrogen) atoms. The van der Waals surface area contributed by atoms with E-state index in [1.165, 1.54) is 38.5 Å². The molecule has 0 saturated carbocycles. The predicted molar refractivity (Wildman–Crippen MR) is 88.0 cm³/mol. The highest BCUT2D eigenvalue weighted by Crippen LogP contribution is 2.27. The number of hydrogen-bond acceptors (Lipinski definition) is 3. The Kier molecular flexibility index (Phi) is 10.5. The molecule has 1 fully saturated rings. The first-order chi connectivity index (χ1) is 10.6. The molecule has 0 amide bonds. The molecule has 1 aliphatic heterocycles. The van der Waals surface area contributed by atoms with Gasteiger partial charge in [0.1, 0.15) is 0 Å². The Morgan fingerprint density at radius 1 is 0.955 bits per heavy atom. The van der Waals surface area contributed by atoms with Crippen LogP contribution in [0.25, 0.3) is 0 Å². The van der Waals surface area contributed by atoms with Gasteiger partial charge in [-0.3, -0.25) is 0 Å². The molecule has 1 heterocycles. The molecule has 0 spiro atoms. The Labute approximate surface area is 135 Å². The SMILES string of the molecule is CCCCCCC(O)CCCCCCCCC1OC1C(=O)O. The number of epoxide rings is 1. The number of carboxylic acid groups (broad SMARTS) is 1.